The van der Waals surface area contributed by atoms with Gasteiger partial charge < -0.3 is 10.7 Å². The van der Waals surface area contributed by atoms with Crippen LogP contribution in [0.5, 0.6) is 0 Å². The second-order valence-electron chi connectivity index (χ2n) is 4.65. The van der Waals surface area contributed by atoms with Gasteiger partial charge in [-0.05, 0) is 25.3 Å². The fraction of sp³-hybridized carbons (Fsp3) is 0.727. The van der Waals surface area contributed by atoms with Gasteiger partial charge in [-0.1, -0.05) is 6.92 Å². The largest absolute Gasteiger partial charge is 0.332 e. The molecule has 0 aliphatic carbocycles. The molecule has 1 aromatic heterocycles. The Kier molecular flexibility index (Phi) is 4.04. The number of hydrogen-bond donors (Lipinski definition) is 2. The smallest absolute Gasteiger partial charge is 0.260 e. The molecule has 1 aromatic rings. The van der Waals surface area contributed by atoms with Gasteiger partial charge in [-0.3, -0.25) is 0 Å². The predicted octanol–water partition coefficient (Wildman–Crippen LogP) is 0.332. The van der Waals surface area contributed by atoms with Crippen molar-refractivity contribution in [3.05, 3.63) is 12.0 Å². The molecule has 1 atom stereocenters. The van der Waals surface area contributed by atoms with E-state index in [0.29, 0.717) is 31.9 Å². The van der Waals surface area contributed by atoms with E-state index in [4.69, 9.17) is 5.73 Å². The third-order valence-electron chi connectivity index (χ3n) is 3.37. The van der Waals surface area contributed by atoms with Crippen molar-refractivity contribution in [1.82, 2.24) is 14.3 Å². The lowest BCUT2D eigenvalue weighted by molar-refractivity contribution is 0.271. The van der Waals surface area contributed by atoms with E-state index in [-0.39, 0.29) is 10.9 Å². The Morgan fingerprint density at radius 1 is 1.61 bits per heavy atom. The molecule has 1 aliphatic rings. The van der Waals surface area contributed by atoms with Crippen molar-refractivity contribution in [2.75, 3.05) is 19.6 Å². The zero-order valence-electron chi connectivity index (χ0n) is 10.6. The number of nitrogens with two attached hydrogens (primary N) is 1. The van der Waals surface area contributed by atoms with Gasteiger partial charge in [0.1, 0.15) is 5.82 Å². The molecular formula is C11H20N4O2S. The number of H-pyrrole nitrogens is 1. The molecule has 2 heterocycles. The zero-order valence-corrected chi connectivity index (χ0v) is 11.4. The van der Waals surface area contributed by atoms with Gasteiger partial charge in [-0.15, -0.1) is 0 Å². The van der Waals surface area contributed by atoms with E-state index < -0.39 is 10.0 Å². The number of nitrogens with zero attached hydrogens (tertiary/aromatic N) is 2. The van der Waals surface area contributed by atoms with E-state index in [1.807, 2.05) is 6.92 Å². The SMILES string of the molecule is CCc1ncc(S(=O)(=O)N2CCCC(CN)C2)[nH]1. The Labute approximate surface area is 108 Å². The van der Waals surface area contributed by atoms with Crippen LogP contribution in [-0.4, -0.2) is 42.3 Å². The molecule has 0 bridgehead atoms. The summed E-state index contributed by atoms with van der Waals surface area (Å²) in [6.45, 7) is 3.55. The number of aryl methyl sites for hydroxylation is 1. The van der Waals surface area contributed by atoms with Crippen molar-refractivity contribution in [3.8, 4) is 0 Å². The van der Waals surface area contributed by atoms with Crippen LogP contribution in [0.15, 0.2) is 11.2 Å². The van der Waals surface area contributed by atoms with Crippen LogP contribution in [-0.2, 0) is 16.4 Å². The van der Waals surface area contributed by atoms with Gasteiger partial charge in [0.2, 0.25) is 0 Å². The second kappa shape index (κ2) is 5.38. The molecular weight excluding hydrogens is 252 g/mol. The maximum Gasteiger partial charge on any atom is 0.260 e. The summed E-state index contributed by atoms with van der Waals surface area (Å²) in [7, 11) is -3.43. The van der Waals surface area contributed by atoms with Crippen LogP contribution in [0.1, 0.15) is 25.6 Å². The number of imidazole rings is 1. The quantitative estimate of drug-likeness (QED) is 0.826. The Bertz CT molecular complexity index is 497. The first-order valence-corrected chi connectivity index (χ1v) is 7.76. The van der Waals surface area contributed by atoms with E-state index in [1.54, 1.807) is 0 Å². The fourth-order valence-corrected chi connectivity index (χ4v) is 3.72. The normalized spacial score (nSPS) is 22.2. The molecule has 18 heavy (non-hydrogen) atoms. The lowest BCUT2D eigenvalue weighted by atomic mass is 10.0. The maximum absolute atomic E-state index is 12.4. The molecule has 3 N–H and O–H groups in total. The molecule has 1 aliphatic heterocycles. The van der Waals surface area contributed by atoms with Gasteiger partial charge in [0.15, 0.2) is 5.03 Å². The highest BCUT2D eigenvalue weighted by molar-refractivity contribution is 7.89. The zero-order chi connectivity index (χ0) is 13.2. The monoisotopic (exact) mass is 272 g/mol. The number of hydrogen-bond acceptors (Lipinski definition) is 4. The number of rotatable bonds is 4. The summed E-state index contributed by atoms with van der Waals surface area (Å²) in [4.78, 5) is 6.91. The van der Waals surface area contributed by atoms with Crippen LogP contribution >= 0.6 is 0 Å². The van der Waals surface area contributed by atoms with Gasteiger partial charge in [0.05, 0.1) is 6.20 Å². The third-order valence-corrected chi connectivity index (χ3v) is 5.15. The van der Waals surface area contributed by atoms with Gasteiger partial charge in [0, 0.05) is 19.5 Å². The van der Waals surface area contributed by atoms with Crippen LogP contribution in [0.25, 0.3) is 0 Å². The summed E-state index contributed by atoms with van der Waals surface area (Å²) in [5, 5.41) is 0.192. The van der Waals surface area contributed by atoms with Gasteiger partial charge >= 0.3 is 0 Å². The summed E-state index contributed by atoms with van der Waals surface area (Å²) in [6.07, 6.45) is 3.97. The Morgan fingerprint density at radius 2 is 2.39 bits per heavy atom. The Hall–Kier alpha value is -0.920. The molecule has 0 radical (unpaired) electrons. The van der Waals surface area contributed by atoms with E-state index in [1.165, 1.54) is 10.5 Å². The van der Waals surface area contributed by atoms with Crippen molar-refractivity contribution in [1.29, 1.82) is 0 Å². The lowest BCUT2D eigenvalue weighted by Gasteiger charge is -2.30. The number of piperidine rings is 1. The number of aromatic nitrogens is 2. The van der Waals surface area contributed by atoms with Crippen LogP contribution in [0, 0.1) is 5.92 Å². The number of nitrogens with one attached hydrogen (secondary N) is 1. The molecule has 1 fully saturated rings. The predicted molar refractivity (Wildman–Crippen MR) is 68.5 cm³/mol. The molecule has 102 valence electrons. The molecule has 0 saturated carbocycles. The maximum atomic E-state index is 12.4. The molecule has 7 heteroatoms. The fourth-order valence-electron chi connectivity index (χ4n) is 2.23. The van der Waals surface area contributed by atoms with Crippen molar-refractivity contribution >= 4 is 10.0 Å². The van der Waals surface area contributed by atoms with Crippen LogP contribution < -0.4 is 5.73 Å². The molecule has 0 spiro atoms. The summed E-state index contributed by atoms with van der Waals surface area (Å²) >= 11 is 0. The van der Waals surface area contributed by atoms with Crippen molar-refractivity contribution in [3.63, 3.8) is 0 Å². The van der Waals surface area contributed by atoms with E-state index in [0.717, 1.165) is 12.8 Å². The highest BCUT2D eigenvalue weighted by Gasteiger charge is 2.30. The topological polar surface area (TPSA) is 92.1 Å². The standard InChI is InChI=1S/C11H20N4O2S/c1-2-10-13-7-11(14-10)18(16,17)15-5-3-4-9(6-12)8-15/h7,9H,2-6,8,12H2,1H3,(H,13,14). The highest BCUT2D eigenvalue weighted by Crippen LogP contribution is 2.22. The Balaban J connectivity index is 2.19. The minimum absolute atomic E-state index is 0.192. The minimum Gasteiger partial charge on any atom is -0.332 e. The second-order valence-corrected chi connectivity index (χ2v) is 6.56. The van der Waals surface area contributed by atoms with Crippen molar-refractivity contribution in [2.24, 2.45) is 11.7 Å². The van der Waals surface area contributed by atoms with Crippen LogP contribution in [0.3, 0.4) is 0 Å². The summed E-state index contributed by atoms with van der Waals surface area (Å²) in [5.41, 5.74) is 5.63. The van der Waals surface area contributed by atoms with Gasteiger partial charge in [-0.25, -0.2) is 13.4 Å². The molecule has 1 saturated heterocycles. The molecule has 0 amide bonds. The summed E-state index contributed by atoms with van der Waals surface area (Å²) in [5.74, 6) is 0.961. The first kappa shape index (κ1) is 13.5. The molecule has 2 rings (SSSR count). The van der Waals surface area contributed by atoms with Crippen molar-refractivity contribution < 1.29 is 8.42 Å². The average molecular weight is 272 g/mol. The number of aromatic amines is 1. The third kappa shape index (κ3) is 2.57. The van der Waals surface area contributed by atoms with E-state index >= 15 is 0 Å². The van der Waals surface area contributed by atoms with Gasteiger partial charge in [-0.2, -0.15) is 4.31 Å². The van der Waals surface area contributed by atoms with E-state index in [9.17, 15) is 8.42 Å². The van der Waals surface area contributed by atoms with E-state index in [2.05, 4.69) is 9.97 Å². The Morgan fingerprint density at radius 3 is 3.00 bits per heavy atom. The van der Waals surface area contributed by atoms with Gasteiger partial charge in [0.25, 0.3) is 10.0 Å². The van der Waals surface area contributed by atoms with Crippen LogP contribution in [0.2, 0.25) is 0 Å². The summed E-state index contributed by atoms with van der Waals surface area (Å²) < 4.78 is 26.3. The minimum atomic E-state index is -3.43. The summed E-state index contributed by atoms with van der Waals surface area (Å²) in [6, 6.07) is 0. The number of sulfonamides is 1. The van der Waals surface area contributed by atoms with Crippen molar-refractivity contribution in [2.45, 2.75) is 31.2 Å². The first-order valence-electron chi connectivity index (χ1n) is 6.32. The highest BCUT2D eigenvalue weighted by atomic mass is 32.2. The molecule has 1 unspecified atom stereocenters. The average Bonchev–Trinajstić information content (AvgIpc) is 2.88. The molecule has 6 nitrogen and oxygen atoms in total. The van der Waals surface area contributed by atoms with Crippen LogP contribution in [0.4, 0.5) is 0 Å². The molecule has 0 aromatic carbocycles. The lowest BCUT2D eigenvalue weighted by Crippen LogP contribution is -2.42. The first-order chi connectivity index (χ1) is 8.57.